The zero-order valence-corrected chi connectivity index (χ0v) is 32.3. The molecule has 14 nitrogen and oxygen atoms in total. The van der Waals surface area contributed by atoms with Gasteiger partial charge in [0.1, 0.15) is 11.2 Å². The molecular formula is C38H50F3N5O9. The van der Waals surface area contributed by atoms with Gasteiger partial charge in [-0.2, -0.15) is 13.2 Å². The van der Waals surface area contributed by atoms with E-state index < -0.39 is 78.0 Å². The second-order valence-electron chi connectivity index (χ2n) is 15.3. The highest BCUT2D eigenvalue weighted by Gasteiger charge is 2.43. The zero-order chi connectivity index (χ0) is 41.5. The van der Waals surface area contributed by atoms with Gasteiger partial charge in [0, 0.05) is 38.3 Å². The zero-order valence-electron chi connectivity index (χ0n) is 32.3. The quantitative estimate of drug-likeness (QED) is 0.257. The molecule has 2 N–H and O–H groups in total. The average Bonchev–Trinajstić information content (AvgIpc) is 3.08. The van der Waals surface area contributed by atoms with Crippen molar-refractivity contribution in [2.24, 2.45) is 5.73 Å². The fourth-order valence-corrected chi connectivity index (χ4v) is 5.94. The summed E-state index contributed by atoms with van der Waals surface area (Å²) in [6, 6.07) is 15.8. The Labute approximate surface area is 318 Å². The molecule has 2 fully saturated rings. The van der Waals surface area contributed by atoms with E-state index in [1.807, 2.05) is 37.3 Å². The van der Waals surface area contributed by atoms with E-state index in [9.17, 15) is 41.9 Å². The van der Waals surface area contributed by atoms with Gasteiger partial charge >= 0.3 is 42.1 Å². The van der Waals surface area contributed by atoms with Crippen molar-refractivity contribution in [1.82, 2.24) is 19.6 Å². The number of amides is 5. The molecule has 2 aromatic rings. The summed E-state index contributed by atoms with van der Waals surface area (Å²) in [5.41, 5.74) is 5.31. The maximum atomic E-state index is 12.6. The summed E-state index contributed by atoms with van der Waals surface area (Å²) in [6.07, 6.45) is -5.76. The van der Waals surface area contributed by atoms with Crippen LogP contribution in [0.1, 0.15) is 78.6 Å². The van der Waals surface area contributed by atoms with E-state index in [0.717, 1.165) is 10.5 Å². The molecule has 2 saturated heterocycles. The van der Waals surface area contributed by atoms with E-state index in [1.165, 1.54) is 9.80 Å². The minimum absolute atomic E-state index is 0.0123. The molecule has 0 radical (unpaired) electrons. The van der Waals surface area contributed by atoms with Crippen molar-refractivity contribution in [2.75, 3.05) is 32.8 Å². The lowest BCUT2D eigenvalue weighted by molar-refractivity contribution is -0.190. The van der Waals surface area contributed by atoms with Crippen LogP contribution in [0.2, 0.25) is 0 Å². The SMILES string of the molecule is C[C@@H]1CN(C(=O)C(=O)OCC(F)(F)F)[C@@H](c2ccccc2)CN1C(=O)OC(C)(C)C.C[C@@H]1CN(C(=O)C(N)=O)[C@@H](c2ccccc2)CN1C(=O)OC(C)(C)C. The number of benzene rings is 2. The van der Waals surface area contributed by atoms with Gasteiger partial charge in [0.05, 0.1) is 12.1 Å². The molecule has 302 valence electrons. The summed E-state index contributed by atoms with van der Waals surface area (Å²) in [5.74, 6) is -4.53. The highest BCUT2D eigenvalue weighted by molar-refractivity contribution is 6.34. The predicted octanol–water partition coefficient (Wildman–Crippen LogP) is 4.98. The molecule has 0 bridgehead atoms. The van der Waals surface area contributed by atoms with Crippen LogP contribution >= 0.6 is 0 Å². The summed E-state index contributed by atoms with van der Waals surface area (Å²) >= 11 is 0. The van der Waals surface area contributed by atoms with Crippen molar-refractivity contribution in [2.45, 2.75) is 96.9 Å². The molecule has 0 unspecified atom stereocenters. The van der Waals surface area contributed by atoms with E-state index in [4.69, 9.17) is 15.2 Å². The molecule has 17 heteroatoms. The lowest BCUT2D eigenvalue weighted by Crippen LogP contribution is -2.59. The van der Waals surface area contributed by atoms with Crippen molar-refractivity contribution in [1.29, 1.82) is 0 Å². The maximum absolute atomic E-state index is 12.6. The Morgan fingerprint density at radius 2 is 0.982 bits per heavy atom. The molecule has 0 saturated carbocycles. The fourth-order valence-electron chi connectivity index (χ4n) is 5.94. The van der Waals surface area contributed by atoms with Gasteiger partial charge < -0.3 is 39.5 Å². The van der Waals surface area contributed by atoms with Crippen molar-refractivity contribution < 1.29 is 56.1 Å². The predicted molar refractivity (Wildman–Crippen MR) is 193 cm³/mol. The molecule has 0 aliphatic carbocycles. The number of nitrogens with two attached hydrogens (primary N) is 1. The second kappa shape index (κ2) is 17.9. The summed E-state index contributed by atoms with van der Waals surface area (Å²) in [4.78, 5) is 78.9. The molecular weight excluding hydrogens is 727 g/mol. The van der Waals surface area contributed by atoms with Gasteiger partial charge in [0.15, 0.2) is 6.61 Å². The Bertz CT molecular complexity index is 1680. The summed E-state index contributed by atoms with van der Waals surface area (Å²) in [6.45, 7) is 12.6. The first kappa shape index (κ1) is 44.0. The minimum Gasteiger partial charge on any atom is -0.449 e. The Morgan fingerprint density at radius 3 is 1.31 bits per heavy atom. The summed E-state index contributed by atoms with van der Waals surface area (Å²) < 4.78 is 52.0. The van der Waals surface area contributed by atoms with Crippen LogP contribution in [0.25, 0.3) is 0 Å². The van der Waals surface area contributed by atoms with Crippen LogP contribution in [0.5, 0.6) is 0 Å². The highest BCUT2D eigenvalue weighted by Crippen LogP contribution is 2.31. The lowest BCUT2D eigenvalue weighted by atomic mass is 9.99. The number of carbonyl (C=O) groups excluding carboxylic acids is 6. The molecule has 0 spiro atoms. The first-order valence-corrected chi connectivity index (χ1v) is 17.6. The molecule has 2 aromatic carbocycles. The van der Waals surface area contributed by atoms with Crippen LogP contribution in [0.4, 0.5) is 22.8 Å². The smallest absolute Gasteiger partial charge is 0.422 e. The number of hydrogen-bond donors (Lipinski definition) is 1. The Kier molecular flexibility index (Phi) is 14.3. The first-order chi connectivity index (χ1) is 25.4. The standard InChI is InChI=1S/C20H25F3N2O5.C18H25N3O4/c1-13-10-25(16(26)17(27)29-12-20(21,22)23)15(14-8-6-5-7-9-14)11-24(13)18(28)30-19(2,3)4;1-12-10-21(16(23)15(19)22)14(13-8-6-5-7-9-13)11-20(12)17(24)25-18(2,3)4/h5-9,13,15H,10-12H2,1-4H3;5-9,12,14H,10-11H2,1-4H3,(H2,19,22)/t13-,15-;12-,14-/m11/s1. The minimum atomic E-state index is -4.74. The van der Waals surface area contributed by atoms with E-state index in [2.05, 4.69) is 4.74 Å². The third kappa shape index (κ3) is 12.9. The van der Waals surface area contributed by atoms with E-state index in [-0.39, 0.29) is 32.2 Å². The fraction of sp³-hybridized carbons (Fsp3) is 0.526. The van der Waals surface area contributed by atoms with Crippen molar-refractivity contribution in [3.63, 3.8) is 0 Å². The number of primary amides is 1. The van der Waals surface area contributed by atoms with Crippen LogP contribution in [0.3, 0.4) is 0 Å². The van der Waals surface area contributed by atoms with Crippen LogP contribution in [0.15, 0.2) is 60.7 Å². The number of piperazine rings is 2. The molecule has 4 rings (SSSR count). The molecule has 2 aliphatic heterocycles. The van der Waals surface area contributed by atoms with Crippen molar-refractivity contribution >= 4 is 35.9 Å². The van der Waals surface area contributed by atoms with Gasteiger partial charge in [-0.3, -0.25) is 14.4 Å². The van der Waals surface area contributed by atoms with Gasteiger partial charge in [0.2, 0.25) is 0 Å². The molecule has 55 heavy (non-hydrogen) atoms. The Morgan fingerprint density at radius 1 is 0.618 bits per heavy atom. The monoisotopic (exact) mass is 777 g/mol. The number of alkyl halides is 3. The molecule has 4 atom stereocenters. The van der Waals surface area contributed by atoms with Crippen LogP contribution < -0.4 is 5.73 Å². The van der Waals surface area contributed by atoms with Gasteiger partial charge in [-0.1, -0.05) is 60.7 Å². The van der Waals surface area contributed by atoms with Gasteiger partial charge in [-0.15, -0.1) is 0 Å². The lowest BCUT2D eigenvalue weighted by Gasteiger charge is -2.45. The largest absolute Gasteiger partial charge is 0.449 e. The third-order valence-electron chi connectivity index (χ3n) is 8.38. The Hall–Kier alpha value is -5.35. The molecule has 5 amide bonds. The molecule has 0 aromatic heterocycles. The topological polar surface area (TPSA) is 169 Å². The third-order valence-corrected chi connectivity index (χ3v) is 8.38. The van der Waals surface area contributed by atoms with Crippen molar-refractivity contribution in [3.05, 3.63) is 71.8 Å². The summed E-state index contributed by atoms with van der Waals surface area (Å²) in [5, 5.41) is 0. The normalized spacial score (nSPS) is 20.4. The number of carbonyl (C=O) groups is 6. The second-order valence-corrected chi connectivity index (χ2v) is 15.3. The highest BCUT2D eigenvalue weighted by atomic mass is 19.4. The molecule has 2 aliphatic rings. The van der Waals surface area contributed by atoms with Gasteiger partial charge in [0.25, 0.3) is 0 Å². The number of hydrogen-bond acceptors (Lipinski definition) is 9. The van der Waals surface area contributed by atoms with E-state index in [1.54, 1.807) is 83.7 Å². The summed E-state index contributed by atoms with van der Waals surface area (Å²) in [7, 11) is 0. The van der Waals surface area contributed by atoms with Crippen LogP contribution in [-0.2, 0) is 33.4 Å². The van der Waals surface area contributed by atoms with E-state index in [0.29, 0.717) is 5.56 Å². The number of ether oxygens (including phenoxy) is 3. The van der Waals surface area contributed by atoms with Crippen LogP contribution in [-0.4, -0.2) is 118 Å². The van der Waals surface area contributed by atoms with Crippen molar-refractivity contribution in [3.8, 4) is 0 Å². The number of halogens is 3. The first-order valence-electron chi connectivity index (χ1n) is 17.6. The van der Waals surface area contributed by atoms with Crippen LogP contribution in [0, 0.1) is 0 Å². The van der Waals surface area contributed by atoms with E-state index >= 15 is 0 Å². The number of nitrogens with zero attached hydrogens (tertiary/aromatic N) is 4. The van der Waals surface area contributed by atoms with Gasteiger partial charge in [-0.05, 0) is 66.5 Å². The molecule has 2 heterocycles. The average molecular weight is 778 g/mol. The van der Waals surface area contributed by atoms with Gasteiger partial charge in [-0.25, -0.2) is 14.4 Å². The maximum Gasteiger partial charge on any atom is 0.422 e. The Balaban J connectivity index is 0.000000300. The number of esters is 1. The number of rotatable bonds is 3.